The van der Waals surface area contributed by atoms with Crippen LogP contribution in [0.15, 0.2) is 48.5 Å². The number of benzene rings is 2. The van der Waals surface area contributed by atoms with Crippen LogP contribution in [0.4, 0.5) is 0 Å². The van der Waals surface area contributed by atoms with Crippen molar-refractivity contribution in [1.29, 1.82) is 0 Å². The third-order valence-electron chi connectivity index (χ3n) is 3.41. The smallest absolute Gasteiger partial charge is 0.0406 e. The van der Waals surface area contributed by atoms with Crippen LogP contribution in [-0.2, 0) is 6.42 Å². The molecule has 2 aromatic carbocycles. The summed E-state index contributed by atoms with van der Waals surface area (Å²) >= 11 is 5.96. The van der Waals surface area contributed by atoms with E-state index in [1.807, 2.05) is 12.1 Å². The molecule has 0 aromatic heterocycles. The van der Waals surface area contributed by atoms with Gasteiger partial charge in [0.1, 0.15) is 0 Å². The quantitative estimate of drug-likeness (QED) is 0.843. The van der Waals surface area contributed by atoms with Gasteiger partial charge in [-0.05, 0) is 48.7 Å². The average Bonchev–Trinajstić information content (AvgIpc) is 2.42. The molecule has 0 spiro atoms. The maximum atomic E-state index is 5.96. The third-order valence-corrected chi connectivity index (χ3v) is 3.66. The average molecular weight is 274 g/mol. The maximum Gasteiger partial charge on any atom is 0.0406 e. The van der Waals surface area contributed by atoms with Gasteiger partial charge in [0.05, 0.1) is 0 Å². The van der Waals surface area contributed by atoms with Crippen molar-refractivity contribution in [3.05, 3.63) is 70.2 Å². The molecule has 1 N–H and O–H groups in total. The van der Waals surface area contributed by atoms with E-state index in [1.165, 1.54) is 16.7 Å². The second kappa shape index (κ2) is 6.74. The molecule has 1 atom stereocenters. The molecule has 19 heavy (non-hydrogen) atoms. The van der Waals surface area contributed by atoms with E-state index in [1.54, 1.807) is 0 Å². The summed E-state index contributed by atoms with van der Waals surface area (Å²) in [5.74, 6) is 0. The summed E-state index contributed by atoms with van der Waals surface area (Å²) in [5, 5.41) is 4.34. The van der Waals surface area contributed by atoms with E-state index < -0.39 is 0 Å². The lowest BCUT2D eigenvalue weighted by Gasteiger charge is -2.19. The van der Waals surface area contributed by atoms with E-state index >= 15 is 0 Å². The summed E-state index contributed by atoms with van der Waals surface area (Å²) in [6, 6.07) is 17.0. The van der Waals surface area contributed by atoms with Gasteiger partial charge in [-0.15, -0.1) is 0 Å². The Morgan fingerprint density at radius 2 is 1.74 bits per heavy atom. The van der Waals surface area contributed by atoms with Crippen LogP contribution in [0.1, 0.15) is 29.7 Å². The second-order valence-corrected chi connectivity index (χ2v) is 5.23. The molecule has 0 radical (unpaired) electrons. The second-order valence-electron chi connectivity index (χ2n) is 4.79. The van der Waals surface area contributed by atoms with Crippen molar-refractivity contribution >= 4 is 11.6 Å². The van der Waals surface area contributed by atoms with Crippen molar-refractivity contribution in [2.75, 3.05) is 6.54 Å². The van der Waals surface area contributed by atoms with Crippen molar-refractivity contribution in [2.45, 2.75) is 26.3 Å². The summed E-state index contributed by atoms with van der Waals surface area (Å²) in [6.45, 7) is 5.26. The van der Waals surface area contributed by atoms with Crippen LogP contribution in [0.25, 0.3) is 0 Å². The number of rotatable bonds is 5. The Hall–Kier alpha value is -1.31. The topological polar surface area (TPSA) is 12.0 Å². The van der Waals surface area contributed by atoms with E-state index in [-0.39, 0.29) is 0 Å². The number of nitrogens with one attached hydrogen (secondary N) is 1. The van der Waals surface area contributed by atoms with Crippen LogP contribution in [0.5, 0.6) is 0 Å². The molecule has 1 unspecified atom stereocenters. The highest BCUT2D eigenvalue weighted by Crippen LogP contribution is 2.22. The minimum atomic E-state index is 0.336. The molecule has 1 nitrogen and oxygen atoms in total. The summed E-state index contributed by atoms with van der Waals surface area (Å²) in [5.41, 5.74) is 4.03. The normalized spacial score (nSPS) is 12.4. The minimum Gasteiger partial charge on any atom is -0.310 e. The predicted molar refractivity (Wildman–Crippen MR) is 82.8 cm³/mol. The van der Waals surface area contributed by atoms with Gasteiger partial charge in [-0.1, -0.05) is 54.9 Å². The third kappa shape index (κ3) is 3.82. The molecule has 0 aliphatic rings. The van der Waals surface area contributed by atoms with Crippen LogP contribution >= 0.6 is 11.6 Å². The fraction of sp³-hybridized carbons (Fsp3) is 0.294. The molecule has 0 aliphatic heterocycles. The van der Waals surface area contributed by atoms with Gasteiger partial charge in [-0.3, -0.25) is 0 Å². The molecule has 0 heterocycles. The molecule has 0 aliphatic carbocycles. The Morgan fingerprint density at radius 1 is 1.05 bits per heavy atom. The molecule has 0 amide bonds. The van der Waals surface area contributed by atoms with Gasteiger partial charge >= 0.3 is 0 Å². The molecule has 2 aromatic rings. The van der Waals surface area contributed by atoms with Gasteiger partial charge in [0, 0.05) is 11.1 Å². The SMILES string of the molecule is CCNC(Cc1ccccc1C)c1ccc(Cl)cc1. The lowest BCUT2D eigenvalue weighted by atomic mass is 9.96. The predicted octanol–water partition coefficient (Wildman–Crippen LogP) is 4.54. The highest BCUT2D eigenvalue weighted by Gasteiger charge is 2.12. The van der Waals surface area contributed by atoms with Gasteiger partial charge in [-0.25, -0.2) is 0 Å². The van der Waals surface area contributed by atoms with Crippen molar-refractivity contribution in [3.8, 4) is 0 Å². The Bertz CT molecular complexity index is 519. The van der Waals surface area contributed by atoms with Gasteiger partial charge in [-0.2, -0.15) is 0 Å². The fourth-order valence-electron chi connectivity index (χ4n) is 2.31. The molecule has 0 bridgehead atoms. The molecule has 100 valence electrons. The zero-order chi connectivity index (χ0) is 13.7. The largest absolute Gasteiger partial charge is 0.310 e. The maximum absolute atomic E-state index is 5.96. The van der Waals surface area contributed by atoms with Crippen LogP contribution in [-0.4, -0.2) is 6.54 Å². The van der Waals surface area contributed by atoms with Crippen molar-refractivity contribution < 1.29 is 0 Å². The molecular formula is C17H20ClN. The zero-order valence-electron chi connectivity index (χ0n) is 11.5. The molecular weight excluding hydrogens is 254 g/mol. The van der Waals surface area contributed by atoms with Crippen LogP contribution < -0.4 is 5.32 Å². The molecule has 2 heteroatoms. The summed E-state index contributed by atoms with van der Waals surface area (Å²) in [6.07, 6.45) is 1.00. The summed E-state index contributed by atoms with van der Waals surface area (Å²) in [7, 11) is 0. The summed E-state index contributed by atoms with van der Waals surface area (Å²) in [4.78, 5) is 0. The lowest BCUT2D eigenvalue weighted by molar-refractivity contribution is 0.549. The fourth-order valence-corrected chi connectivity index (χ4v) is 2.43. The van der Waals surface area contributed by atoms with Gasteiger partial charge in [0.15, 0.2) is 0 Å². The van der Waals surface area contributed by atoms with Crippen molar-refractivity contribution in [1.82, 2.24) is 5.32 Å². The highest BCUT2D eigenvalue weighted by molar-refractivity contribution is 6.30. The Balaban J connectivity index is 2.21. The van der Waals surface area contributed by atoms with E-state index in [2.05, 4.69) is 55.6 Å². The number of hydrogen-bond acceptors (Lipinski definition) is 1. The van der Waals surface area contributed by atoms with E-state index in [9.17, 15) is 0 Å². The van der Waals surface area contributed by atoms with E-state index in [0.29, 0.717) is 6.04 Å². The Kier molecular flexibility index (Phi) is 5.00. The number of hydrogen-bond donors (Lipinski definition) is 1. The first kappa shape index (κ1) is 14.1. The first-order valence-corrected chi connectivity index (χ1v) is 7.12. The van der Waals surface area contributed by atoms with E-state index in [4.69, 9.17) is 11.6 Å². The first-order valence-electron chi connectivity index (χ1n) is 6.74. The highest BCUT2D eigenvalue weighted by atomic mass is 35.5. The van der Waals surface area contributed by atoms with Crippen LogP contribution in [0, 0.1) is 6.92 Å². The zero-order valence-corrected chi connectivity index (χ0v) is 12.2. The van der Waals surface area contributed by atoms with Gasteiger partial charge in [0.25, 0.3) is 0 Å². The monoisotopic (exact) mass is 273 g/mol. The molecule has 0 saturated carbocycles. The number of aryl methyl sites for hydroxylation is 1. The van der Waals surface area contributed by atoms with Crippen molar-refractivity contribution in [3.63, 3.8) is 0 Å². The number of likely N-dealkylation sites (N-methyl/N-ethyl adjacent to an activating group) is 1. The molecule has 0 saturated heterocycles. The Labute approximate surface area is 120 Å². The molecule has 2 rings (SSSR count). The van der Waals surface area contributed by atoms with E-state index in [0.717, 1.165) is 18.0 Å². The Morgan fingerprint density at radius 3 is 2.37 bits per heavy atom. The van der Waals surface area contributed by atoms with Crippen LogP contribution in [0.3, 0.4) is 0 Å². The van der Waals surface area contributed by atoms with Gasteiger partial charge in [0.2, 0.25) is 0 Å². The number of halogens is 1. The lowest BCUT2D eigenvalue weighted by Crippen LogP contribution is -2.23. The van der Waals surface area contributed by atoms with Crippen LogP contribution in [0.2, 0.25) is 5.02 Å². The summed E-state index contributed by atoms with van der Waals surface area (Å²) < 4.78 is 0. The first-order chi connectivity index (χ1) is 9.20. The standard InChI is InChI=1S/C17H20ClN/c1-3-19-17(14-8-10-16(18)11-9-14)12-15-7-5-4-6-13(15)2/h4-11,17,19H,3,12H2,1-2H3. The molecule has 0 fully saturated rings. The minimum absolute atomic E-state index is 0.336. The van der Waals surface area contributed by atoms with Gasteiger partial charge < -0.3 is 5.32 Å². The van der Waals surface area contributed by atoms with Crippen molar-refractivity contribution in [2.24, 2.45) is 0 Å².